The maximum absolute atomic E-state index is 12.2. The molecule has 0 aliphatic rings. The van der Waals surface area contributed by atoms with Crippen LogP contribution in [-0.2, 0) is 19.6 Å². The number of rotatable bonds is 8. The summed E-state index contributed by atoms with van der Waals surface area (Å²) in [5, 5.41) is 8.03. The van der Waals surface area contributed by atoms with E-state index in [2.05, 4.69) is 20.7 Å². The Morgan fingerprint density at radius 1 is 1.12 bits per heavy atom. The van der Waals surface area contributed by atoms with Crippen LogP contribution in [0, 0.1) is 0 Å². The second-order valence-electron chi connectivity index (χ2n) is 4.94. The molecule has 1 aromatic carbocycles. The van der Waals surface area contributed by atoms with Gasteiger partial charge < -0.3 is 16.0 Å². The standard InChI is InChI=1S/C14H22N4O4S.ClH/c1-10(14(20)16-9-8-15-3)18-23(21,22)13-6-4-12(5-7-13)17-11(2)19;/h4-7,10,15,18H,8-9H2,1-3H3,(H,16,20)(H,17,19);1H. The van der Waals surface area contributed by atoms with Crippen molar-refractivity contribution in [2.45, 2.75) is 24.8 Å². The number of carbonyl (C=O) groups is 2. The van der Waals surface area contributed by atoms with Gasteiger partial charge in [0.15, 0.2) is 0 Å². The summed E-state index contributed by atoms with van der Waals surface area (Å²) in [7, 11) is -2.07. The molecule has 1 unspecified atom stereocenters. The van der Waals surface area contributed by atoms with Crippen molar-refractivity contribution in [3.63, 3.8) is 0 Å². The highest BCUT2D eigenvalue weighted by Crippen LogP contribution is 2.14. The van der Waals surface area contributed by atoms with Crippen LogP contribution in [0.3, 0.4) is 0 Å². The van der Waals surface area contributed by atoms with Crippen LogP contribution in [0.1, 0.15) is 13.8 Å². The lowest BCUT2D eigenvalue weighted by atomic mass is 10.3. The number of likely N-dealkylation sites (N-methyl/N-ethyl adjacent to an activating group) is 1. The fourth-order valence-corrected chi connectivity index (χ4v) is 2.94. The molecule has 0 aliphatic carbocycles. The molecular weight excluding hydrogens is 356 g/mol. The predicted octanol–water partition coefficient (Wildman–Crippen LogP) is 0.0692. The molecule has 2 amide bonds. The summed E-state index contributed by atoms with van der Waals surface area (Å²) in [5.41, 5.74) is 0.495. The monoisotopic (exact) mass is 378 g/mol. The third-order valence-corrected chi connectivity index (χ3v) is 4.44. The predicted molar refractivity (Wildman–Crippen MR) is 94.7 cm³/mol. The zero-order valence-electron chi connectivity index (χ0n) is 13.8. The van der Waals surface area contributed by atoms with Gasteiger partial charge in [0, 0.05) is 25.7 Å². The van der Waals surface area contributed by atoms with Crippen LogP contribution in [-0.4, -0.2) is 46.4 Å². The van der Waals surface area contributed by atoms with Gasteiger partial charge in [-0.05, 0) is 38.2 Å². The molecule has 1 aromatic rings. The van der Waals surface area contributed by atoms with Crippen molar-refractivity contribution >= 4 is 39.9 Å². The third-order valence-electron chi connectivity index (χ3n) is 2.88. The lowest BCUT2D eigenvalue weighted by Crippen LogP contribution is -2.46. The summed E-state index contributed by atoms with van der Waals surface area (Å²) in [6.07, 6.45) is 0. The van der Waals surface area contributed by atoms with Crippen molar-refractivity contribution in [2.75, 3.05) is 25.5 Å². The molecule has 1 rings (SSSR count). The second-order valence-corrected chi connectivity index (χ2v) is 6.66. The maximum atomic E-state index is 12.2. The van der Waals surface area contributed by atoms with Gasteiger partial charge in [-0.2, -0.15) is 4.72 Å². The highest BCUT2D eigenvalue weighted by atomic mass is 35.5. The van der Waals surface area contributed by atoms with Gasteiger partial charge in [-0.1, -0.05) is 0 Å². The van der Waals surface area contributed by atoms with Gasteiger partial charge in [-0.3, -0.25) is 9.59 Å². The summed E-state index contributed by atoms with van der Waals surface area (Å²) >= 11 is 0. The molecule has 0 heterocycles. The molecular formula is C14H23ClN4O4S. The zero-order chi connectivity index (χ0) is 17.5. The van der Waals surface area contributed by atoms with Crippen LogP contribution >= 0.6 is 12.4 Å². The summed E-state index contributed by atoms with van der Waals surface area (Å²) in [6, 6.07) is 4.78. The Kier molecular flexibility index (Phi) is 9.52. The first kappa shape index (κ1) is 22.3. The topological polar surface area (TPSA) is 116 Å². The van der Waals surface area contributed by atoms with Crippen molar-refractivity contribution < 1.29 is 18.0 Å². The van der Waals surface area contributed by atoms with Crippen LogP contribution in [0.15, 0.2) is 29.2 Å². The quantitative estimate of drug-likeness (QED) is 0.478. The van der Waals surface area contributed by atoms with Crippen LogP contribution in [0.5, 0.6) is 0 Å². The molecule has 10 heteroatoms. The van der Waals surface area contributed by atoms with E-state index in [1.54, 1.807) is 7.05 Å². The Bertz CT molecular complexity index is 649. The van der Waals surface area contributed by atoms with Crippen molar-refractivity contribution in [2.24, 2.45) is 0 Å². The van der Waals surface area contributed by atoms with Gasteiger partial charge in [-0.25, -0.2) is 8.42 Å². The number of sulfonamides is 1. The number of anilines is 1. The summed E-state index contributed by atoms with van der Waals surface area (Å²) < 4.78 is 26.8. The summed E-state index contributed by atoms with van der Waals surface area (Å²) in [5.74, 6) is -0.649. The number of carbonyl (C=O) groups excluding carboxylic acids is 2. The van der Waals surface area contributed by atoms with E-state index in [0.29, 0.717) is 18.8 Å². The number of hydrogen-bond acceptors (Lipinski definition) is 5. The van der Waals surface area contributed by atoms with Crippen molar-refractivity contribution in [3.8, 4) is 0 Å². The van der Waals surface area contributed by atoms with E-state index in [4.69, 9.17) is 0 Å². The molecule has 1 atom stereocenters. The van der Waals surface area contributed by atoms with E-state index in [1.165, 1.54) is 38.1 Å². The first-order chi connectivity index (χ1) is 10.8. The van der Waals surface area contributed by atoms with E-state index in [0.717, 1.165) is 0 Å². The normalized spacial score (nSPS) is 12.0. The second kappa shape index (κ2) is 10.2. The molecule has 0 bridgehead atoms. The number of hydrogen-bond donors (Lipinski definition) is 4. The highest BCUT2D eigenvalue weighted by molar-refractivity contribution is 7.89. The molecule has 136 valence electrons. The van der Waals surface area contributed by atoms with Crippen molar-refractivity contribution in [1.29, 1.82) is 0 Å². The lowest BCUT2D eigenvalue weighted by Gasteiger charge is -2.14. The Morgan fingerprint density at radius 3 is 2.21 bits per heavy atom. The van der Waals surface area contributed by atoms with Crippen LogP contribution in [0.25, 0.3) is 0 Å². The zero-order valence-corrected chi connectivity index (χ0v) is 15.4. The van der Waals surface area contributed by atoms with E-state index < -0.39 is 22.0 Å². The smallest absolute Gasteiger partial charge is 0.241 e. The van der Waals surface area contributed by atoms with Crippen LogP contribution in [0.4, 0.5) is 5.69 Å². The van der Waals surface area contributed by atoms with Gasteiger partial charge in [0.05, 0.1) is 10.9 Å². The minimum Gasteiger partial charge on any atom is -0.353 e. The number of amides is 2. The molecule has 0 aliphatic heterocycles. The molecule has 0 spiro atoms. The van der Waals surface area contributed by atoms with Crippen molar-refractivity contribution in [3.05, 3.63) is 24.3 Å². The largest absolute Gasteiger partial charge is 0.353 e. The Morgan fingerprint density at radius 2 is 1.71 bits per heavy atom. The van der Waals surface area contributed by atoms with Crippen molar-refractivity contribution in [1.82, 2.24) is 15.4 Å². The van der Waals surface area contributed by atoms with Gasteiger partial charge in [0.1, 0.15) is 0 Å². The molecule has 0 saturated carbocycles. The first-order valence-electron chi connectivity index (χ1n) is 7.08. The molecule has 24 heavy (non-hydrogen) atoms. The summed E-state index contributed by atoms with van der Waals surface area (Å²) in [6.45, 7) is 3.83. The van der Waals surface area contributed by atoms with E-state index in [9.17, 15) is 18.0 Å². The lowest BCUT2D eigenvalue weighted by molar-refractivity contribution is -0.122. The Balaban J connectivity index is 0.00000529. The SMILES string of the molecule is CNCCNC(=O)C(C)NS(=O)(=O)c1ccc(NC(C)=O)cc1.Cl. The molecule has 4 N–H and O–H groups in total. The number of benzene rings is 1. The first-order valence-corrected chi connectivity index (χ1v) is 8.57. The van der Waals surface area contributed by atoms with E-state index in [1.807, 2.05) is 0 Å². The average Bonchev–Trinajstić information content (AvgIpc) is 2.46. The van der Waals surface area contributed by atoms with Gasteiger partial charge >= 0.3 is 0 Å². The molecule has 0 fully saturated rings. The summed E-state index contributed by atoms with van der Waals surface area (Å²) in [4.78, 5) is 22.7. The average molecular weight is 379 g/mol. The van der Waals surface area contributed by atoms with Crippen LogP contribution < -0.4 is 20.7 Å². The fourth-order valence-electron chi connectivity index (χ4n) is 1.74. The number of nitrogens with one attached hydrogen (secondary N) is 4. The highest BCUT2D eigenvalue weighted by Gasteiger charge is 2.21. The Hall–Kier alpha value is -1.68. The van der Waals surface area contributed by atoms with Gasteiger partial charge in [0.25, 0.3) is 0 Å². The fraction of sp³-hybridized carbons (Fsp3) is 0.429. The minimum absolute atomic E-state index is 0. The van der Waals surface area contributed by atoms with Crippen LogP contribution in [0.2, 0.25) is 0 Å². The minimum atomic E-state index is -3.82. The molecule has 0 aromatic heterocycles. The van der Waals surface area contributed by atoms with Gasteiger partial charge in [0.2, 0.25) is 21.8 Å². The molecule has 0 radical (unpaired) electrons. The van der Waals surface area contributed by atoms with E-state index in [-0.39, 0.29) is 23.2 Å². The molecule has 0 saturated heterocycles. The van der Waals surface area contributed by atoms with E-state index >= 15 is 0 Å². The van der Waals surface area contributed by atoms with Gasteiger partial charge in [-0.15, -0.1) is 12.4 Å². The number of halogens is 1. The molecule has 8 nitrogen and oxygen atoms in total. The maximum Gasteiger partial charge on any atom is 0.241 e. The Labute approximate surface area is 148 Å². The third kappa shape index (κ3) is 7.26.